The first-order chi connectivity index (χ1) is 16.7. The van der Waals surface area contributed by atoms with Crippen molar-refractivity contribution in [1.82, 2.24) is 5.43 Å². The molecule has 0 heterocycles. The Labute approximate surface area is 197 Å². The summed E-state index contributed by atoms with van der Waals surface area (Å²) in [6.45, 7) is 0. The van der Waals surface area contributed by atoms with Crippen molar-refractivity contribution in [3.8, 4) is 11.5 Å². The molecule has 0 spiro atoms. The first-order valence-corrected chi connectivity index (χ1v) is 9.75. The number of nitrogens with one attached hydrogen (secondary N) is 2. The molecule has 0 atom stereocenters. The van der Waals surface area contributed by atoms with E-state index in [0.717, 1.165) is 12.3 Å². The average Bonchev–Trinajstić information content (AvgIpc) is 2.84. The Morgan fingerprint density at radius 3 is 2.31 bits per heavy atom. The van der Waals surface area contributed by atoms with Crippen LogP contribution in [0.1, 0.15) is 26.3 Å². The number of aromatic hydroxyl groups is 1. The van der Waals surface area contributed by atoms with E-state index in [9.17, 15) is 34.9 Å². The number of hydrogen-bond donors (Lipinski definition) is 3. The number of ether oxygens (including phenoxy) is 1. The van der Waals surface area contributed by atoms with Gasteiger partial charge in [-0.25, -0.2) is 5.43 Å². The smallest absolute Gasteiger partial charge is 0.318 e. The summed E-state index contributed by atoms with van der Waals surface area (Å²) in [7, 11) is 1.49. The Morgan fingerprint density at radius 2 is 1.69 bits per heavy atom. The fourth-order valence-electron chi connectivity index (χ4n) is 2.92. The molecular formula is C22H17N5O8. The van der Waals surface area contributed by atoms with Crippen LogP contribution in [0.15, 0.2) is 65.8 Å². The lowest BCUT2D eigenvalue weighted by atomic mass is 10.1. The number of hydrazone groups is 1. The van der Waals surface area contributed by atoms with Crippen LogP contribution < -0.4 is 15.5 Å². The second-order valence-electron chi connectivity index (χ2n) is 6.84. The van der Waals surface area contributed by atoms with Crippen LogP contribution in [0.3, 0.4) is 0 Å². The van der Waals surface area contributed by atoms with Crippen LogP contribution in [-0.2, 0) is 0 Å². The molecule has 0 aromatic heterocycles. The molecular weight excluding hydrogens is 462 g/mol. The lowest BCUT2D eigenvalue weighted by Crippen LogP contribution is -2.21. The molecule has 0 bridgehead atoms. The number of rotatable bonds is 8. The van der Waals surface area contributed by atoms with E-state index in [1.807, 2.05) is 0 Å². The van der Waals surface area contributed by atoms with Crippen molar-refractivity contribution >= 4 is 35.1 Å². The van der Waals surface area contributed by atoms with E-state index in [2.05, 4.69) is 15.8 Å². The molecule has 3 aromatic carbocycles. The molecule has 3 N–H and O–H groups in total. The van der Waals surface area contributed by atoms with E-state index in [4.69, 9.17) is 4.74 Å². The largest absolute Gasteiger partial charge is 0.502 e. The number of hydrogen-bond acceptors (Lipinski definition) is 9. The van der Waals surface area contributed by atoms with Crippen molar-refractivity contribution in [2.45, 2.75) is 0 Å². The van der Waals surface area contributed by atoms with E-state index in [0.29, 0.717) is 17.4 Å². The van der Waals surface area contributed by atoms with Gasteiger partial charge in [-0.05, 0) is 36.4 Å². The average molecular weight is 479 g/mol. The molecule has 0 aliphatic heterocycles. The highest BCUT2D eigenvalue weighted by molar-refractivity contribution is 6.09. The van der Waals surface area contributed by atoms with Gasteiger partial charge in [-0.2, -0.15) is 5.10 Å². The summed E-state index contributed by atoms with van der Waals surface area (Å²) in [5, 5.41) is 38.3. The number of anilines is 1. The maximum absolute atomic E-state index is 12.6. The van der Waals surface area contributed by atoms with Crippen LogP contribution in [0.2, 0.25) is 0 Å². The summed E-state index contributed by atoms with van der Waals surface area (Å²) in [4.78, 5) is 45.4. The van der Waals surface area contributed by atoms with Crippen molar-refractivity contribution < 1.29 is 29.3 Å². The molecule has 3 aromatic rings. The fraction of sp³-hybridized carbons (Fsp3) is 0.0455. The molecule has 3 rings (SSSR count). The zero-order valence-electron chi connectivity index (χ0n) is 18.0. The van der Waals surface area contributed by atoms with E-state index >= 15 is 0 Å². The van der Waals surface area contributed by atoms with Gasteiger partial charge in [0.05, 0.1) is 46.1 Å². The number of nitro benzene ring substituents is 2. The number of methoxy groups -OCH3 is 1. The van der Waals surface area contributed by atoms with Gasteiger partial charge in [0.25, 0.3) is 17.5 Å². The predicted octanol–water partition coefficient (Wildman–Crippen LogP) is 3.23. The number of para-hydroxylation sites is 1. The summed E-state index contributed by atoms with van der Waals surface area (Å²) in [6.07, 6.45) is 0.825. The SMILES string of the molecule is COc1ccc(C(=O)Nc2ccccc2C(=O)N/N=C/c2cc([N+](=O)[O-])cc([N+](=O)[O-])c2O)cc1. The van der Waals surface area contributed by atoms with Crippen LogP contribution in [-0.4, -0.2) is 40.1 Å². The van der Waals surface area contributed by atoms with Crippen LogP contribution in [0, 0.1) is 20.2 Å². The van der Waals surface area contributed by atoms with Gasteiger partial charge in [-0.15, -0.1) is 0 Å². The van der Waals surface area contributed by atoms with Crippen molar-refractivity contribution in [3.05, 3.63) is 97.6 Å². The molecule has 0 unspecified atom stereocenters. The summed E-state index contributed by atoms with van der Waals surface area (Å²) in [6, 6.07) is 13.8. The van der Waals surface area contributed by atoms with Gasteiger partial charge in [0, 0.05) is 11.6 Å². The highest BCUT2D eigenvalue weighted by atomic mass is 16.6. The zero-order chi connectivity index (χ0) is 25.5. The van der Waals surface area contributed by atoms with E-state index in [1.54, 1.807) is 36.4 Å². The van der Waals surface area contributed by atoms with Crippen LogP contribution in [0.25, 0.3) is 0 Å². The minimum absolute atomic E-state index is 0.0424. The Balaban J connectivity index is 1.79. The van der Waals surface area contributed by atoms with Gasteiger partial charge in [0.2, 0.25) is 5.75 Å². The Morgan fingerprint density at radius 1 is 1.00 bits per heavy atom. The molecule has 0 saturated heterocycles. The topological polar surface area (TPSA) is 186 Å². The van der Waals surface area contributed by atoms with Crippen LogP contribution in [0.4, 0.5) is 17.1 Å². The second-order valence-corrected chi connectivity index (χ2v) is 6.84. The summed E-state index contributed by atoms with van der Waals surface area (Å²) < 4.78 is 5.05. The fourth-order valence-corrected chi connectivity index (χ4v) is 2.92. The number of benzene rings is 3. The summed E-state index contributed by atoms with van der Waals surface area (Å²) in [5.74, 6) is -1.53. The number of phenolic OH excluding ortho intramolecular Hbond substituents is 1. The molecule has 13 heteroatoms. The van der Waals surface area contributed by atoms with Crippen LogP contribution >= 0.6 is 0 Å². The number of nitrogens with zero attached hydrogens (tertiary/aromatic N) is 3. The number of phenols is 1. The maximum Gasteiger partial charge on any atom is 0.318 e. The number of nitro groups is 2. The van der Waals surface area contributed by atoms with Crippen molar-refractivity contribution in [3.63, 3.8) is 0 Å². The molecule has 0 aliphatic carbocycles. The number of non-ortho nitro benzene ring substituents is 1. The van der Waals surface area contributed by atoms with Gasteiger partial charge in [0.1, 0.15) is 5.75 Å². The minimum atomic E-state index is -0.986. The second kappa shape index (κ2) is 10.5. The Bertz CT molecular complexity index is 1340. The molecule has 2 amide bonds. The maximum atomic E-state index is 12.6. The first-order valence-electron chi connectivity index (χ1n) is 9.75. The number of amides is 2. The number of carbonyl (C=O) groups is 2. The van der Waals surface area contributed by atoms with Crippen molar-refractivity contribution in [1.29, 1.82) is 0 Å². The summed E-state index contributed by atoms with van der Waals surface area (Å²) in [5.41, 5.74) is 0.802. The molecule has 13 nitrogen and oxygen atoms in total. The first kappa shape index (κ1) is 24.3. The summed E-state index contributed by atoms with van der Waals surface area (Å²) >= 11 is 0. The molecule has 178 valence electrons. The van der Waals surface area contributed by atoms with E-state index in [1.165, 1.54) is 19.2 Å². The predicted molar refractivity (Wildman–Crippen MR) is 124 cm³/mol. The van der Waals surface area contributed by atoms with Crippen molar-refractivity contribution in [2.24, 2.45) is 5.10 Å². The third-order valence-electron chi connectivity index (χ3n) is 4.65. The van der Waals surface area contributed by atoms with Gasteiger partial charge in [-0.3, -0.25) is 29.8 Å². The van der Waals surface area contributed by atoms with Crippen molar-refractivity contribution in [2.75, 3.05) is 12.4 Å². The van der Waals surface area contributed by atoms with Gasteiger partial charge in [0.15, 0.2) is 0 Å². The monoisotopic (exact) mass is 479 g/mol. The third-order valence-corrected chi connectivity index (χ3v) is 4.65. The van der Waals surface area contributed by atoms with Gasteiger partial charge < -0.3 is 15.2 Å². The molecule has 35 heavy (non-hydrogen) atoms. The standard InChI is InChI=1S/C22H17N5O8/c1-35-16-8-6-13(7-9-16)21(29)24-18-5-3-2-4-17(18)22(30)25-23-12-14-10-15(26(31)32)11-19(20(14)28)27(33)34/h2-12,28H,1H3,(H,24,29)(H,25,30)/b23-12+. The molecule has 0 aliphatic rings. The zero-order valence-corrected chi connectivity index (χ0v) is 18.0. The Kier molecular flexibility index (Phi) is 7.31. The normalized spacial score (nSPS) is 10.5. The van der Waals surface area contributed by atoms with Crippen LogP contribution in [0.5, 0.6) is 11.5 Å². The minimum Gasteiger partial charge on any atom is -0.502 e. The highest BCUT2D eigenvalue weighted by Gasteiger charge is 2.23. The van der Waals surface area contributed by atoms with E-state index < -0.39 is 38.8 Å². The van der Waals surface area contributed by atoms with Gasteiger partial charge >= 0.3 is 5.69 Å². The number of carbonyl (C=O) groups excluding carboxylic acids is 2. The lowest BCUT2D eigenvalue weighted by molar-refractivity contribution is -0.394. The molecule has 0 fully saturated rings. The quantitative estimate of drug-likeness (QED) is 0.249. The van der Waals surface area contributed by atoms with Gasteiger partial charge in [-0.1, -0.05) is 12.1 Å². The molecule has 0 radical (unpaired) electrons. The molecule has 0 saturated carbocycles. The highest BCUT2D eigenvalue weighted by Crippen LogP contribution is 2.33. The Hall–Kier alpha value is -5.33. The third kappa shape index (κ3) is 5.73. The lowest BCUT2D eigenvalue weighted by Gasteiger charge is -2.10. The van der Waals surface area contributed by atoms with E-state index in [-0.39, 0.29) is 16.8 Å².